The van der Waals surface area contributed by atoms with Crippen LogP contribution in [0.3, 0.4) is 0 Å². The number of halogens is 1. The van der Waals surface area contributed by atoms with Crippen LogP contribution in [0, 0.1) is 5.82 Å². The summed E-state index contributed by atoms with van der Waals surface area (Å²) in [4.78, 5) is 0. The highest BCUT2D eigenvalue weighted by Crippen LogP contribution is 2.09. The molecule has 0 amide bonds. The second kappa shape index (κ2) is 6.85. The Morgan fingerprint density at radius 3 is 3.00 bits per heavy atom. The average molecular weight is 291 g/mol. The average Bonchev–Trinajstić information content (AvgIpc) is 2.96. The predicted octanol–water partition coefficient (Wildman–Crippen LogP) is 1.29. The molecule has 112 valence electrons. The summed E-state index contributed by atoms with van der Waals surface area (Å²) in [5, 5.41) is 18.9. The van der Waals surface area contributed by atoms with Crippen molar-refractivity contribution in [1.29, 1.82) is 0 Å². The van der Waals surface area contributed by atoms with Gasteiger partial charge in [-0.2, -0.15) is 5.10 Å². The Morgan fingerprint density at radius 2 is 2.33 bits per heavy atom. The van der Waals surface area contributed by atoms with Gasteiger partial charge in [-0.1, -0.05) is 5.16 Å². The second-order valence-electron chi connectivity index (χ2n) is 4.84. The van der Waals surface area contributed by atoms with Crippen molar-refractivity contribution in [2.75, 3.05) is 0 Å². The third-order valence-electron chi connectivity index (χ3n) is 3.04. The number of nitrogens with zero attached hydrogens (tertiary/aromatic N) is 3. The smallest absolute Gasteiger partial charge is 0.170 e. The van der Waals surface area contributed by atoms with Crippen LogP contribution < -0.4 is 11.1 Å². The lowest BCUT2D eigenvalue weighted by Gasteiger charge is -2.14. The standard InChI is InChI=1S/C14H18FN5O/c1-10(9-20-4-2-3-18-20)17-8-11-5-12(14(16)19-21)7-13(15)6-11/h2-7,10,17,21H,8-9H2,1H3,(H2,16,19). The molecule has 0 saturated heterocycles. The van der Waals surface area contributed by atoms with E-state index in [2.05, 4.69) is 15.6 Å². The van der Waals surface area contributed by atoms with E-state index in [1.165, 1.54) is 12.1 Å². The largest absolute Gasteiger partial charge is 0.409 e. The van der Waals surface area contributed by atoms with E-state index in [4.69, 9.17) is 10.9 Å². The molecule has 4 N–H and O–H groups in total. The number of amidine groups is 1. The SMILES string of the molecule is CC(Cn1cccn1)NCc1cc(F)cc(/C(N)=N/O)c1. The summed E-state index contributed by atoms with van der Waals surface area (Å²) in [7, 11) is 0. The van der Waals surface area contributed by atoms with Gasteiger partial charge in [0.2, 0.25) is 0 Å². The lowest BCUT2D eigenvalue weighted by molar-refractivity contribution is 0.318. The predicted molar refractivity (Wildman–Crippen MR) is 77.4 cm³/mol. The lowest BCUT2D eigenvalue weighted by Crippen LogP contribution is -2.30. The van der Waals surface area contributed by atoms with Crippen molar-refractivity contribution < 1.29 is 9.60 Å². The fourth-order valence-corrected chi connectivity index (χ4v) is 2.00. The number of nitrogens with one attached hydrogen (secondary N) is 1. The summed E-state index contributed by atoms with van der Waals surface area (Å²) < 4.78 is 15.3. The summed E-state index contributed by atoms with van der Waals surface area (Å²) in [6, 6.07) is 6.36. The van der Waals surface area contributed by atoms with E-state index in [9.17, 15) is 4.39 Å². The van der Waals surface area contributed by atoms with E-state index in [0.29, 0.717) is 12.1 Å². The van der Waals surface area contributed by atoms with Gasteiger partial charge in [0, 0.05) is 30.5 Å². The molecule has 0 bridgehead atoms. The Balaban J connectivity index is 1.98. The van der Waals surface area contributed by atoms with Crippen LogP contribution in [0.5, 0.6) is 0 Å². The minimum Gasteiger partial charge on any atom is -0.409 e. The molecule has 0 aliphatic heterocycles. The van der Waals surface area contributed by atoms with Crippen LogP contribution in [-0.2, 0) is 13.1 Å². The highest BCUT2D eigenvalue weighted by atomic mass is 19.1. The van der Waals surface area contributed by atoms with Gasteiger partial charge in [0.1, 0.15) is 5.82 Å². The molecule has 1 unspecified atom stereocenters. The van der Waals surface area contributed by atoms with Gasteiger partial charge in [0.25, 0.3) is 0 Å². The van der Waals surface area contributed by atoms with Crippen molar-refractivity contribution in [3.8, 4) is 0 Å². The van der Waals surface area contributed by atoms with E-state index in [1.54, 1.807) is 12.3 Å². The summed E-state index contributed by atoms with van der Waals surface area (Å²) in [6.45, 7) is 3.22. The molecule has 1 aromatic heterocycles. The first kappa shape index (κ1) is 15.0. The minimum absolute atomic E-state index is 0.111. The highest BCUT2D eigenvalue weighted by Gasteiger charge is 2.07. The van der Waals surface area contributed by atoms with E-state index in [1.807, 2.05) is 23.9 Å². The van der Waals surface area contributed by atoms with Crippen molar-refractivity contribution in [3.05, 3.63) is 53.6 Å². The summed E-state index contributed by atoms with van der Waals surface area (Å²) in [6.07, 6.45) is 3.61. The van der Waals surface area contributed by atoms with E-state index < -0.39 is 5.82 Å². The number of oxime groups is 1. The number of benzene rings is 1. The number of rotatable bonds is 6. The Labute approximate surface area is 122 Å². The molecule has 21 heavy (non-hydrogen) atoms. The molecule has 0 saturated carbocycles. The van der Waals surface area contributed by atoms with E-state index >= 15 is 0 Å². The van der Waals surface area contributed by atoms with Gasteiger partial charge < -0.3 is 16.3 Å². The molecule has 7 heteroatoms. The van der Waals surface area contributed by atoms with Crippen molar-refractivity contribution in [1.82, 2.24) is 15.1 Å². The number of aromatic nitrogens is 2. The van der Waals surface area contributed by atoms with Gasteiger partial charge in [-0.15, -0.1) is 0 Å². The van der Waals surface area contributed by atoms with Crippen LogP contribution in [0.4, 0.5) is 4.39 Å². The molecular weight excluding hydrogens is 273 g/mol. The van der Waals surface area contributed by atoms with Gasteiger partial charge in [-0.05, 0) is 36.8 Å². The first-order chi connectivity index (χ1) is 10.1. The van der Waals surface area contributed by atoms with Gasteiger partial charge in [-0.3, -0.25) is 4.68 Å². The Morgan fingerprint density at radius 1 is 1.52 bits per heavy atom. The first-order valence-electron chi connectivity index (χ1n) is 6.56. The topological polar surface area (TPSA) is 88.5 Å². The van der Waals surface area contributed by atoms with Crippen LogP contribution in [0.15, 0.2) is 41.8 Å². The van der Waals surface area contributed by atoms with Gasteiger partial charge in [0.15, 0.2) is 5.84 Å². The van der Waals surface area contributed by atoms with Crippen molar-refractivity contribution in [2.45, 2.75) is 26.1 Å². The molecule has 1 aromatic carbocycles. The van der Waals surface area contributed by atoms with Gasteiger partial charge in [0.05, 0.1) is 6.54 Å². The zero-order valence-electron chi connectivity index (χ0n) is 11.7. The number of nitrogens with two attached hydrogens (primary N) is 1. The summed E-state index contributed by atoms with van der Waals surface area (Å²) >= 11 is 0. The molecule has 6 nitrogen and oxygen atoms in total. The van der Waals surface area contributed by atoms with Crippen LogP contribution in [0.2, 0.25) is 0 Å². The molecule has 0 fully saturated rings. The quantitative estimate of drug-likeness (QED) is 0.324. The molecule has 1 heterocycles. The van der Waals surface area contributed by atoms with Crippen LogP contribution >= 0.6 is 0 Å². The first-order valence-corrected chi connectivity index (χ1v) is 6.56. The second-order valence-corrected chi connectivity index (χ2v) is 4.84. The molecule has 2 rings (SSSR count). The van der Waals surface area contributed by atoms with Crippen LogP contribution in [0.25, 0.3) is 0 Å². The minimum atomic E-state index is -0.421. The molecular formula is C14H18FN5O. The van der Waals surface area contributed by atoms with E-state index in [-0.39, 0.29) is 11.9 Å². The molecule has 0 spiro atoms. The summed E-state index contributed by atoms with van der Waals surface area (Å²) in [5.41, 5.74) is 6.56. The van der Waals surface area contributed by atoms with Gasteiger partial charge >= 0.3 is 0 Å². The fourth-order valence-electron chi connectivity index (χ4n) is 2.00. The highest BCUT2D eigenvalue weighted by molar-refractivity contribution is 5.97. The fraction of sp³-hybridized carbons (Fsp3) is 0.286. The van der Waals surface area contributed by atoms with Crippen molar-refractivity contribution >= 4 is 5.84 Å². The Kier molecular flexibility index (Phi) is 4.89. The molecule has 0 radical (unpaired) electrons. The maximum Gasteiger partial charge on any atom is 0.170 e. The maximum absolute atomic E-state index is 13.5. The third kappa shape index (κ3) is 4.28. The van der Waals surface area contributed by atoms with E-state index in [0.717, 1.165) is 12.1 Å². The van der Waals surface area contributed by atoms with Crippen LogP contribution in [0.1, 0.15) is 18.1 Å². The monoisotopic (exact) mass is 291 g/mol. The van der Waals surface area contributed by atoms with Crippen molar-refractivity contribution in [2.24, 2.45) is 10.9 Å². The third-order valence-corrected chi connectivity index (χ3v) is 3.04. The Bertz CT molecular complexity index is 612. The molecule has 2 aromatic rings. The number of hydrogen-bond acceptors (Lipinski definition) is 4. The molecule has 0 aliphatic carbocycles. The lowest BCUT2D eigenvalue weighted by atomic mass is 10.1. The maximum atomic E-state index is 13.5. The molecule has 0 aliphatic rings. The Hall–Kier alpha value is -2.41. The number of hydrogen-bond donors (Lipinski definition) is 3. The normalized spacial score (nSPS) is 13.3. The van der Waals surface area contributed by atoms with Gasteiger partial charge in [-0.25, -0.2) is 4.39 Å². The van der Waals surface area contributed by atoms with Crippen molar-refractivity contribution in [3.63, 3.8) is 0 Å². The summed E-state index contributed by atoms with van der Waals surface area (Å²) in [5.74, 6) is -0.532. The van der Waals surface area contributed by atoms with Crippen LogP contribution in [-0.4, -0.2) is 26.9 Å². The zero-order valence-corrected chi connectivity index (χ0v) is 11.7. The molecule has 1 atom stereocenters. The zero-order chi connectivity index (χ0) is 15.2.